The van der Waals surface area contributed by atoms with Crippen LogP contribution < -0.4 is 0 Å². The summed E-state index contributed by atoms with van der Waals surface area (Å²) in [6, 6.07) is 0. The number of hydrogen-bond acceptors (Lipinski definition) is 0. The third kappa shape index (κ3) is 3.37. The number of allylic oxidation sites excluding steroid dienone is 5. The van der Waals surface area contributed by atoms with E-state index in [2.05, 4.69) is 12.5 Å². The molecular formula is C9H10. The fraction of sp³-hybridized carbons (Fsp3) is 0.111. The first-order chi connectivity index (χ1) is 4.35. The van der Waals surface area contributed by atoms with Gasteiger partial charge in [-0.2, -0.15) is 0 Å². The predicted molar refractivity (Wildman–Crippen MR) is 41.9 cm³/mol. The highest BCUT2D eigenvalue weighted by atomic mass is 13.8. The van der Waals surface area contributed by atoms with Gasteiger partial charge in [0.2, 0.25) is 0 Å². The topological polar surface area (TPSA) is 0 Å². The molecule has 0 spiro atoms. The molecule has 9 heavy (non-hydrogen) atoms. The van der Waals surface area contributed by atoms with Crippen LogP contribution in [0.4, 0.5) is 0 Å². The second kappa shape index (κ2) is 4.93. The minimum absolute atomic E-state index is 0.813. The van der Waals surface area contributed by atoms with E-state index in [0.717, 1.165) is 5.57 Å². The summed E-state index contributed by atoms with van der Waals surface area (Å²) in [7, 11) is 0. The summed E-state index contributed by atoms with van der Waals surface area (Å²) in [4.78, 5) is 0. The molecule has 0 rings (SSSR count). The van der Waals surface area contributed by atoms with Gasteiger partial charge in [-0.25, -0.2) is 0 Å². The standard InChI is InChI=1S/C9H10/c1-4-7-8-9(5-2)6-3/h2,4,6-8H,3H2,1H3/b7-4-,9-8-. The lowest BCUT2D eigenvalue weighted by atomic mass is 10.2. The summed E-state index contributed by atoms with van der Waals surface area (Å²) in [6.45, 7) is 5.48. The van der Waals surface area contributed by atoms with Crippen LogP contribution in [0.5, 0.6) is 0 Å². The summed E-state index contributed by atoms with van der Waals surface area (Å²) in [5.74, 6) is 2.48. The zero-order valence-corrected chi connectivity index (χ0v) is 5.59. The van der Waals surface area contributed by atoms with Gasteiger partial charge in [-0.3, -0.25) is 0 Å². The van der Waals surface area contributed by atoms with Gasteiger partial charge in [0.05, 0.1) is 0 Å². The number of hydrogen-bond donors (Lipinski definition) is 0. The van der Waals surface area contributed by atoms with Crippen LogP contribution in [0, 0.1) is 12.3 Å². The Labute approximate surface area is 56.6 Å². The van der Waals surface area contributed by atoms with E-state index in [0.29, 0.717) is 0 Å². The maximum atomic E-state index is 5.10. The minimum atomic E-state index is 0.813. The van der Waals surface area contributed by atoms with Crippen LogP contribution in [-0.2, 0) is 0 Å². The Morgan fingerprint density at radius 1 is 1.67 bits per heavy atom. The summed E-state index contributed by atoms with van der Waals surface area (Å²) in [6.07, 6.45) is 12.4. The van der Waals surface area contributed by atoms with Crippen molar-refractivity contribution in [2.45, 2.75) is 6.92 Å². The van der Waals surface area contributed by atoms with Gasteiger partial charge in [-0.15, -0.1) is 6.42 Å². The van der Waals surface area contributed by atoms with Crippen LogP contribution in [0.25, 0.3) is 0 Å². The molecule has 0 bridgehead atoms. The van der Waals surface area contributed by atoms with Gasteiger partial charge in [-0.05, 0) is 13.0 Å². The second-order valence-corrected chi connectivity index (χ2v) is 1.50. The molecule has 0 N–H and O–H groups in total. The smallest absolute Gasteiger partial charge is 0.0236 e. The fourth-order valence-corrected chi connectivity index (χ4v) is 0.375. The maximum Gasteiger partial charge on any atom is 0.0236 e. The first kappa shape index (κ1) is 7.78. The van der Waals surface area contributed by atoms with Crippen molar-refractivity contribution in [1.82, 2.24) is 0 Å². The van der Waals surface area contributed by atoms with Crippen molar-refractivity contribution in [2.75, 3.05) is 0 Å². The Hall–Kier alpha value is -1.22. The molecule has 0 aromatic heterocycles. The fourth-order valence-electron chi connectivity index (χ4n) is 0.375. The van der Waals surface area contributed by atoms with Gasteiger partial charge >= 0.3 is 0 Å². The number of rotatable bonds is 2. The van der Waals surface area contributed by atoms with Gasteiger partial charge in [0.25, 0.3) is 0 Å². The molecule has 0 amide bonds. The third-order valence-electron chi connectivity index (χ3n) is 0.855. The highest BCUT2D eigenvalue weighted by molar-refractivity contribution is 5.37. The van der Waals surface area contributed by atoms with E-state index in [9.17, 15) is 0 Å². The van der Waals surface area contributed by atoms with Gasteiger partial charge < -0.3 is 0 Å². The molecular weight excluding hydrogens is 108 g/mol. The highest BCUT2D eigenvalue weighted by Gasteiger charge is 1.75. The molecule has 0 atom stereocenters. The molecule has 0 aliphatic rings. The summed E-state index contributed by atoms with van der Waals surface area (Å²) in [5, 5.41) is 0. The Morgan fingerprint density at radius 3 is 2.67 bits per heavy atom. The molecule has 0 saturated carbocycles. The lowest BCUT2D eigenvalue weighted by Crippen LogP contribution is -1.65. The van der Waals surface area contributed by atoms with Crippen molar-refractivity contribution < 1.29 is 0 Å². The van der Waals surface area contributed by atoms with Crippen LogP contribution in [-0.4, -0.2) is 0 Å². The zero-order valence-electron chi connectivity index (χ0n) is 5.59. The molecule has 0 aromatic rings. The lowest BCUT2D eigenvalue weighted by molar-refractivity contribution is 1.70. The molecule has 0 saturated heterocycles. The van der Waals surface area contributed by atoms with E-state index in [4.69, 9.17) is 6.42 Å². The van der Waals surface area contributed by atoms with E-state index in [1.807, 2.05) is 25.2 Å². The van der Waals surface area contributed by atoms with Crippen molar-refractivity contribution >= 4 is 0 Å². The van der Waals surface area contributed by atoms with Gasteiger partial charge in [0.15, 0.2) is 0 Å². The summed E-state index contributed by atoms with van der Waals surface area (Å²) < 4.78 is 0. The molecule has 0 aliphatic heterocycles. The van der Waals surface area contributed by atoms with E-state index >= 15 is 0 Å². The molecule has 0 fully saturated rings. The maximum absolute atomic E-state index is 5.10. The summed E-state index contributed by atoms with van der Waals surface area (Å²) >= 11 is 0. The normalized spacial score (nSPS) is 11.3. The van der Waals surface area contributed by atoms with Gasteiger partial charge in [0, 0.05) is 5.57 Å². The van der Waals surface area contributed by atoms with Crippen molar-refractivity contribution in [2.24, 2.45) is 0 Å². The Morgan fingerprint density at radius 2 is 2.33 bits per heavy atom. The van der Waals surface area contributed by atoms with Crippen LogP contribution in [0.3, 0.4) is 0 Å². The van der Waals surface area contributed by atoms with E-state index in [1.165, 1.54) is 0 Å². The predicted octanol–water partition coefficient (Wildman–Crippen LogP) is 2.31. The molecule has 0 heterocycles. The Kier molecular flexibility index (Phi) is 4.26. The largest absolute Gasteiger partial charge is 0.115 e. The Balaban J connectivity index is 4.12. The van der Waals surface area contributed by atoms with Crippen molar-refractivity contribution in [3.8, 4) is 12.3 Å². The van der Waals surface area contributed by atoms with Crippen LogP contribution in [0.1, 0.15) is 6.92 Å². The third-order valence-corrected chi connectivity index (χ3v) is 0.855. The van der Waals surface area contributed by atoms with Crippen molar-refractivity contribution in [3.05, 3.63) is 36.5 Å². The lowest BCUT2D eigenvalue weighted by Gasteiger charge is -1.81. The molecule has 0 aliphatic carbocycles. The molecule has 46 valence electrons. The highest BCUT2D eigenvalue weighted by Crippen LogP contribution is 1.91. The summed E-state index contributed by atoms with van der Waals surface area (Å²) in [5.41, 5.74) is 0.813. The minimum Gasteiger partial charge on any atom is -0.115 e. The van der Waals surface area contributed by atoms with Crippen molar-refractivity contribution in [3.63, 3.8) is 0 Å². The van der Waals surface area contributed by atoms with E-state index < -0.39 is 0 Å². The van der Waals surface area contributed by atoms with Gasteiger partial charge in [0.1, 0.15) is 0 Å². The average molecular weight is 118 g/mol. The van der Waals surface area contributed by atoms with E-state index in [-0.39, 0.29) is 0 Å². The quantitative estimate of drug-likeness (QED) is 0.385. The van der Waals surface area contributed by atoms with Crippen molar-refractivity contribution in [1.29, 1.82) is 0 Å². The first-order valence-electron chi connectivity index (χ1n) is 2.77. The molecule has 0 aromatic carbocycles. The molecule has 0 nitrogen and oxygen atoms in total. The number of terminal acetylenes is 1. The molecule has 0 unspecified atom stereocenters. The molecule has 0 heteroatoms. The van der Waals surface area contributed by atoms with Gasteiger partial charge in [-0.1, -0.05) is 30.7 Å². The second-order valence-electron chi connectivity index (χ2n) is 1.50. The Bertz CT molecular complexity index is 175. The van der Waals surface area contributed by atoms with Crippen LogP contribution in [0.15, 0.2) is 36.5 Å². The average Bonchev–Trinajstić information content (AvgIpc) is 1.91. The first-order valence-corrected chi connectivity index (χ1v) is 2.77. The van der Waals surface area contributed by atoms with Crippen LogP contribution in [0.2, 0.25) is 0 Å². The van der Waals surface area contributed by atoms with Crippen LogP contribution >= 0.6 is 0 Å². The SMILES string of the molecule is C#C/C(C=C)=C/C=C\C. The molecule has 0 radical (unpaired) electrons. The van der Waals surface area contributed by atoms with E-state index in [1.54, 1.807) is 6.08 Å². The monoisotopic (exact) mass is 118 g/mol. The zero-order chi connectivity index (χ0) is 7.11.